The van der Waals surface area contributed by atoms with Gasteiger partial charge in [0, 0.05) is 12.6 Å². The summed E-state index contributed by atoms with van der Waals surface area (Å²) in [5, 5.41) is 0. The van der Waals surface area contributed by atoms with E-state index < -0.39 is 5.60 Å². The molecule has 2 aliphatic heterocycles. The number of hydrogen-bond donors (Lipinski definition) is 1. The monoisotopic (exact) mass is 240 g/mol. The van der Waals surface area contributed by atoms with Crippen LogP contribution in [0.15, 0.2) is 0 Å². The number of rotatable bonds is 1. The van der Waals surface area contributed by atoms with Crippen LogP contribution in [0.3, 0.4) is 0 Å². The Hall–Kier alpha value is -0.770. The molecule has 2 heterocycles. The van der Waals surface area contributed by atoms with Crippen molar-refractivity contribution in [1.82, 2.24) is 4.90 Å². The van der Waals surface area contributed by atoms with Crippen LogP contribution in [-0.2, 0) is 4.74 Å². The number of hydrogen-bond acceptors (Lipinski definition) is 3. The van der Waals surface area contributed by atoms with Crippen molar-refractivity contribution in [3.05, 3.63) is 0 Å². The Kier molecular flexibility index (Phi) is 3.34. The topological polar surface area (TPSA) is 55.6 Å². The van der Waals surface area contributed by atoms with Crippen LogP contribution in [0, 0.1) is 11.8 Å². The van der Waals surface area contributed by atoms with Crippen LogP contribution in [0.1, 0.15) is 40.0 Å². The van der Waals surface area contributed by atoms with Gasteiger partial charge in [0.25, 0.3) is 0 Å². The van der Waals surface area contributed by atoms with Crippen molar-refractivity contribution in [2.45, 2.75) is 51.7 Å². The molecule has 0 aromatic rings. The molecule has 0 aromatic carbocycles. The summed E-state index contributed by atoms with van der Waals surface area (Å²) in [7, 11) is 0. The summed E-state index contributed by atoms with van der Waals surface area (Å²) in [4.78, 5) is 14.0. The molecule has 3 unspecified atom stereocenters. The summed E-state index contributed by atoms with van der Waals surface area (Å²) >= 11 is 0. The normalized spacial score (nSPS) is 32.7. The maximum Gasteiger partial charge on any atom is 0.410 e. The number of fused-ring (bicyclic) bond motifs is 3. The number of nitrogens with two attached hydrogens (primary N) is 1. The minimum Gasteiger partial charge on any atom is -0.444 e. The quantitative estimate of drug-likeness (QED) is 0.762. The second-order valence-corrected chi connectivity index (χ2v) is 6.36. The Morgan fingerprint density at radius 2 is 2.12 bits per heavy atom. The van der Waals surface area contributed by atoms with E-state index >= 15 is 0 Å². The summed E-state index contributed by atoms with van der Waals surface area (Å²) in [6.45, 7) is 7.33. The molecule has 0 aromatic heterocycles. The van der Waals surface area contributed by atoms with Gasteiger partial charge < -0.3 is 15.4 Å². The zero-order valence-corrected chi connectivity index (χ0v) is 11.1. The molecule has 1 saturated carbocycles. The lowest BCUT2D eigenvalue weighted by atomic mass is 9.72. The summed E-state index contributed by atoms with van der Waals surface area (Å²) in [5.74, 6) is 1.19. The largest absolute Gasteiger partial charge is 0.444 e. The molecule has 3 atom stereocenters. The molecule has 17 heavy (non-hydrogen) atoms. The molecule has 1 amide bonds. The smallest absolute Gasteiger partial charge is 0.410 e. The Bertz CT molecular complexity index is 298. The van der Waals surface area contributed by atoms with E-state index in [0.29, 0.717) is 17.9 Å². The predicted octanol–water partition coefficient (Wildman–Crippen LogP) is 1.98. The lowest BCUT2D eigenvalue weighted by molar-refractivity contribution is -0.0273. The van der Waals surface area contributed by atoms with Crippen molar-refractivity contribution < 1.29 is 9.53 Å². The van der Waals surface area contributed by atoms with Crippen molar-refractivity contribution in [3.8, 4) is 0 Å². The van der Waals surface area contributed by atoms with Gasteiger partial charge in [-0.3, -0.25) is 0 Å². The first kappa shape index (κ1) is 12.7. The van der Waals surface area contributed by atoms with Crippen LogP contribution in [0.2, 0.25) is 0 Å². The second-order valence-electron chi connectivity index (χ2n) is 6.36. The average Bonchev–Trinajstić information content (AvgIpc) is 2.27. The van der Waals surface area contributed by atoms with Crippen LogP contribution < -0.4 is 5.73 Å². The molecule has 4 nitrogen and oxygen atoms in total. The summed E-state index contributed by atoms with van der Waals surface area (Å²) < 4.78 is 5.45. The third-order valence-corrected chi connectivity index (χ3v) is 3.91. The molecule has 3 rings (SSSR count). The van der Waals surface area contributed by atoms with Gasteiger partial charge in [0.2, 0.25) is 0 Å². The maximum absolute atomic E-state index is 12.1. The van der Waals surface area contributed by atoms with Gasteiger partial charge in [0.15, 0.2) is 0 Å². The van der Waals surface area contributed by atoms with Gasteiger partial charge in [-0.2, -0.15) is 0 Å². The Balaban J connectivity index is 1.98. The fourth-order valence-corrected chi connectivity index (χ4v) is 3.06. The predicted molar refractivity (Wildman–Crippen MR) is 66.6 cm³/mol. The van der Waals surface area contributed by atoms with E-state index in [0.717, 1.165) is 25.9 Å². The SMILES string of the molecule is CC(C)(C)OC(=O)N1CC2CCC1CC2CN. The van der Waals surface area contributed by atoms with E-state index in [1.807, 2.05) is 25.7 Å². The molecule has 4 heteroatoms. The van der Waals surface area contributed by atoms with E-state index in [-0.39, 0.29) is 6.09 Å². The van der Waals surface area contributed by atoms with Gasteiger partial charge in [-0.05, 0) is 58.4 Å². The van der Waals surface area contributed by atoms with Gasteiger partial charge in [-0.1, -0.05) is 0 Å². The number of amides is 1. The molecule has 98 valence electrons. The Labute approximate surface area is 103 Å². The van der Waals surface area contributed by atoms with Gasteiger partial charge in [0.1, 0.15) is 5.60 Å². The zero-order valence-electron chi connectivity index (χ0n) is 11.1. The van der Waals surface area contributed by atoms with Crippen molar-refractivity contribution in [1.29, 1.82) is 0 Å². The van der Waals surface area contributed by atoms with Gasteiger partial charge in [-0.25, -0.2) is 4.79 Å². The molecule has 1 aliphatic carbocycles. The molecule has 3 aliphatic rings. The fraction of sp³-hybridized carbons (Fsp3) is 0.923. The highest BCUT2D eigenvalue weighted by molar-refractivity contribution is 5.69. The van der Waals surface area contributed by atoms with E-state index in [1.54, 1.807) is 0 Å². The minimum absolute atomic E-state index is 0.150. The molecule has 2 N–H and O–H groups in total. The van der Waals surface area contributed by atoms with Crippen molar-refractivity contribution in [2.75, 3.05) is 13.1 Å². The second kappa shape index (κ2) is 4.48. The highest BCUT2D eigenvalue weighted by Crippen LogP contribution is 2.39. The summed E-state index contributed by atoms with van der Waals surface area (Å²) in [5.41, 5.74) is 5.38. The summed E-state index contributed by atoms with van der Waals surface area (Å²) in [6.07, 6.45) is 3.23. The van der Waals surface area contributed by atoms with Gasteiger partial charge in [0.05, 0.1) is 0 Å². The molecular weight excluding hydrogens is 216 g/mol. The lowest BCUT2D eigenvalue weighted by Crippen LogP contribution is -2.56. The highest BCUT2D eigenvalue weighted by Gasteiger charge is 2.42. The van der Waals surface area contributed by atoms with Crippen molar-refractivity contribution in [3.63, 3.8) is 0 Å². The zero-order chi connectivity index (χ0) is 12.6. The number of carbonyl (C=O) groups is 1. The first-order valence-corrected chi connectivity index (χ1v) is 6.60. The minimum atomic E-state index is -0.402. The van der Waals surface area contributed by atoms with Crippen LogP contribution in [0.4, 0.5) is 4.79 Å². The van der Waals surface area contributed by atoms with E-state index in [4.69, 9.17) is 10.5 Å². The van der Waals surface area contributed by atoms with E-state index in [9.17, 15) is 4.79 Å². The molecule has 2 bridgehead atoms. The molecule has 0 radical (unpaired) electrons. The Morgan fingerprint density at radius 3 is 2.59 bits per heavy atom. The number of piperidine rings is 2. The van der Waals surface area contributed by atoms with Crippen LogP contribution >= 0.6 is 0 Å². The van der Waals surface area contributed by atoms with Crippen LogP contribution in [0.5, 0.6) is 0 Å². The standard InChI is InChI=1S/C13H24N2O2/c1-13(2,3)17-12(16)15-8-9-4-5-11(15)6-10(9)7-14/h9-11H,4-8,14H2,1-3H3. The first-order chi connectivity index (χ1) is 7.90. The van der Waals surface area contributed by atoms with Crippen molar-refractivity contribution in [2.24, 2.45) is 17.6 Å². The van der Waals surface area contributed by atoms with Crippen LogP contribution in [0.25, 0.3) is 0 Å². The third kappa shape index (κ3) is 2.73. The third-order valence-electron chi connectivity index (χ3n) is 3.91. The molecule has 2 saturated heterocycles. The van der Waals surface area contributed by atoms with Crippen LogP contribution in [-0.4, -0.2) is 35.7 Å². The molecule has 0 spiro atoms. The summed E-state index contributed by atoms with van der Waals surface area (Å²) in [6, 6.07) is 0.350. The first-order valence-electron chi connectivity index (χ1n) is 6.60. The number of ether oxygens (including phenoxy) is 1. The lowest BCUT2D eigenvalue weighted by Gasteiger charge is -2.49. The Morgan fingerprint density at radius 1 is 1.41 bits per heavy atom. The fourth-order valence-electron chi connectivity index (χ4n) is 3.06. The highest BCUT2D eigenvalue weighted by atomic mass is 16.6. The average molecular weight is 240 g/mol. The maximum atomic E-state index is 12.1. The molecule has 3 fully saturated rings. The molecular formula is C13H24N2O2. The van der Waals surface area contributed by atoms with E-state index in [2.05, 4.69) is 0 Å². The van der Waals surface area contributed by atoms with E-state index in [1.165, 1.54) is 6.42 Å². The van der Waals surface area contributed by atoms with Gasteiger partial charge >= 0.3 is 6.09 Å². The number of carbonyl (C=O) groups excluding carboxylic acids is 1. The number of nitrogens with zero attached hydrogens (tertiary/aromatic N) is 1. The van der Waals surface area contributed by atoms with Gasteiger partial charge in [-0.15, -0.1) is 0 Å². The van der Waals surface area contributed by atoms with Crippen molar-refractivity contribution >= 4 is 6.09 Å².